The molecule has 4 heterocycles. The molecule has 0 aliphatic carbocycles. The Morgan fingerprint density at radius 1 is 1.08 bits per heavy atom. The van der Waals surface area contributed by atoms with Gasteiger partial charge in [-0.3, -0.25) is 0 Å². The van der Waals surface area contributed by atoms with Crippen molar-refractivity contribution in [2.24, 2.45) is 5.92 Å². The molecule has 0 N–H and O–H groups in total. The third-order valence-corrected chi connectivity index (χ3v) is 5.41. The van der Waals surface area contributed by atoms with Crippen LogP contribution in [-0.4, -0.2) is 66.9 Å². The van der Waals surface area contributed by atoms with Crippen LogP contribution in [0.2, 0.25) is 0 Å². The van der Waals surface area contributed by atoms with E-state index in [0.29, 0.717) is 5.88 Å². The van der Waals surface area contributed by atoms with Crippen molar-refractivity contribution in [3.63, 3.8) is 0 Å². The van der Waals surface area contributed by atoms with Crippen LogP contribution in [0.25, 0.3) is 0 Å². The van der Waals surface area contributed by atoms with E-state index < -0.39 is 0 Å². The van der Waals surface area contributed by atoms with Gasteiger partial charge in [0.25, 0.3) is 0 Å². The highest BCUT2D eigenvalue weighted by Crippen LogP contribution is 2.26. The zero-order chi connectivity index (χ0) is 16.2. The van der Waals surface area contributed by atoms with Crippen molar-refractivity contribution in [3.05, 3.63) is 12.4 Å². The molecule has 3 aliphatic rings. The fourth-order valence-electron chi connectivity index (χ4n) is 4.05. The Labute approximate surface area is 144 Å². The van der Waals surface area contributed by atoms with E-state index in [1.807, 2.05) is 6.07 Å². The third-order valence-electron chi connectivity index (χ3n) is 5.41. The van der Waals surface area contributed by atoms with Crippen LogP contribution in [0.15, 0.2) is 12.4 Å². The predicted molar refractivity (Wildman–Crippen MR) is 92.5 cm³/mol. The minimum absolute atomic E-state index is 0.225. The van der Waals surface area contributed by atoms with Crippen LogP contribution in [0.1, 0.15) is 32.1 Å². The summed E-state index contributed by atoms with van der Waals surface area (Å²) < 4.78 is 11.4. The summed E-state index contributed by atoms with van der Waals surface area (Å²) in [6, 6.07) is 2.01. The van der Waals surface area contributed by atoms with Gasteiger partial charge >= 0.3 is 0 Å². The molecule has 1 aromatic rings. The summed E-state index contributed by atoms with van der Waals surface area (Å²) in [4.78, 5) is 13.8. The van der Waals surface area contributed by atoms with Crippen molar-refractivity contribution in [2.45, 2.75) is 38.2 Å². The second kappa shape index (κ2) is 7.66. The number of anilines is 1. The first-order valence-corrected chi connectivity index (χ1v) is 9.40. The maximum atomic E-state index is 6.02. The van der Waals surface area contributed by atoms with Gasteiger partial charge in [0, 0.05) is 38.5 Å². The molecule has 0 radical (unpaired) electrons. The highest BCUT2D eigenvalue weighted by molar-refractivity contribution is 5.42. The summed E-state index contributed by atoms with van der Waals surface area (Å²) in [5.74, 6) is 2.48. The molecule has 132 valence electrons. The Kier molecular flexibility index (Phi) is 5.13. The summed E-state index contributed by atoms with van der Waals surface area (Å²) >= 11 is 0. The van der Waals surface area contributed by atoms with Gasteiger partial charge in [0.05, 0.1) is 13.2 Å². The molecule has 6 nitrogen and oxygen atoms in total. The molecule has 1 unspecified atom stereocenters. The summed E-state index contributed by atoms with van der Waals surface area (Å²) in [6.07, 6.45) is 7.75. The Morgan fingerprint density at radius 3 is 2.75 bits per heavy atom. The molecule has 1 atom stereocenters. The number of hydrogen-bond donors (Lipinski definition) is 0. The SMILES string of the molecule is c1nc(OC2CCOCC2)cc(N2CCC(CN3CCCC3)C2)n1. The lowest BCUT2D eigenvalue weighted by molar-refractivity contribution is 0.0237. The van der Waals surface area contributed by atoms with E-state index in [2.05, 4.69) is 19.8 Å². The van der Waals surface area contributed by atoms with E-state index in [-0.39, 0.29) is 6.10 Å². The fourth-order valence-corrected chi connectivity index (χ4v) is 4.05. The molecule has 4 rings (SSSR count). The van der Waals surface area contributed by atoms with E-state index in [4.69, 9.17) is 9.47 Å². The number of hydrogen-bond acceptors (Lipinski definition) is 6. The van der Waals surface area contributed by atoms with Crippen LogP contribution >= 0.6 is 0 Å². The Balaban J connectivity index is 1.33. The molecule has 24 heavy (non-hydrogen) atoms. The van der Waals surface area contributed by atoms with Gasteiger partial charge in [-0.05, 0) is 38.3 Å². The Morgan fingerprint density at radius 2 is 1.92 bits per heavy atom. The summed E-state index contributed by atoms with van der Waals surface area (Å²) in [7, 11) is 0. The number of ether oxygens (including phenoxy) is 2. The largest absolute Gasteiger partial charge is 0.474 e. The van der Waals surface area contributed by atoms with Gasteiger partial charge in [-0.15, -0.1) is 0 Å². The molecule has 3 fully saturated rings. The zero-order valence-corrected chi connectivity index (χ0v) is 14.4. The highest BCUT2D eigenvalue weighted by Gasteiger charge is 2.27. The first-order valence-electron chi connectivity index (χ1n) is 9.40. The Hall–Kier alpha value is -1.40. The van der Waals surface area contributed by atoms with Crippen molar-refractivity contribution < 1.29 is 9.47 Å². The van der Waals surface area contributed by atoms with Crippen molar-refractivity contribution in [1.29, 1.82) is 0 Å². The lowest BCUT2D eigenvalue weighted by atomic mass is 10.1. The van der Waals surface area contributed by atoms with Crippen LogP contribution in [0, 0.1) is 5.92 Å². The van der Waals surface area contributed by atoms with Gasteiger partial charge in [-0.25, -0.2) is 9.97 Å². The molecule has 3 aliphatic heterocycles. The lowest BCUT2D eigenvalue weighted by Crippen LogP contribution is -2.29. The van der Waals surface area contributed by atoms with Crippen molar-refractivity contribution >= 4 is 5.82 Å². The maximum Gasteiger partial charge on any atom is 0.218 e. The summed E-state index contributed by atoms with van der Waals surface area (Å²) in [6.45, 7) is 7.57. The average molecular weight is 332 g/mol. The second-order valence-corrected chi connectivity index (χ2v) is 7.25. The van der Waals surface area contributed by atoms with Crippen molar-refractivity contribution in [1.82, 2.24) is 14.9 Å². The minimum atomic E-state index is 0.225. The molecule has 0 saturated carbocycles. The molecule has 0 aromatic carbocycles. The molecule has 0 bridgehead atoms. The monoisotopic (exact) mass is 332 g/mol. The number of likely N-dealkylation sites (tertiary alicyclic amines) is 1. The first kappa shape index (κ1) is 16.1. The first-order chi connectivity index (χ1) is 11.9. The number of aromatic nitrogens is 2. The zero-order valence-electron chi connectivity index (χ0n) is 14.4. The molecule has 1 aromatic heterocycles. The number of nitrogens with zero attached hydrogens (tertiary/aromatic N) is 4. The molecule has 3 saturated heterocycles. The van der Waals surface area contributed by atoms with E-state index >= 15 is 0 Å². The van der Waals surface area contributed by atoms with E-state index in [0.717, 1.165) is 50.9 Å². The van der Waals surface area contributed by atoms with Crippen LogP contribution in [0.4, 0.5) is 5.82 Å². The van der Waals surface area contributed by atoms with Gasteiger partial charge in [-0.2, -0.15) is 0 Å². The van der Waals surface area contributed by atoms with E-state index in [1.54, 1.807) is 6.33 Å². The fraction of sp³-hybridized carbons (Fsp3) is 0.778. The van der Waals surface area contributed by atoms with E-state index in [1.165, 1.54) is 38.9 Å². The third kappa shape index (κ3) is 3.98. The summed E-state index contributed by atoms with van der Waals surface area (Å²) in [5, 5.41) is 0. The van der Waals surface area contributed by atoms with Gasteiger partial charge in [-0.1, -0.05) is 0 Å². The minimum Gasteiger partial charge on any atom is -0.474 e. The smallest absolute Gasteiger partial charge is 0.218 e. The molecule has 0 spiro atoms. The van der Waals surface area contributed by atoms with Crippen LogP contribution in [0.3, 0.4) is 0 Å². The quantitative estimate of drug-likeness (QED) is 0.821. The van der Waals surface area contributed by atoms with Crippen LogP contribution < -0.4 is 9.64 Å². The van der Waals surface area contributed by atoms with Gasteiger partial charge in [0.15, 0.2) is 0 Å². The standard InChI is InChI=1S/C18H28N4O2/c1-2-7-21(6-1)12-15-3-8-22(13-15)17-11-18(20-14-19-17)24-16-4-9-23-10-5-16/h11,14-16H,1-10,12-13H2. The lowest BCUT2D eigenvalue weighted by Gasteiger charge is -2.24. The van der Waals surface area contributed by atoms with Crippen LogP contribution in [0.5, 0.6) is 5.88 Å². The van der Waals surface area contributed by atoms with Gasteiger partial charge < -0.3 is 19.3 Å². The van der Waals surface area contributed by atoms with Crippen molar-refractivity contribution in [2.75, 3.05) is 50.8 Å². The molecular weight excluding hydrogens is 304 g/mol. The highest BCUT2D eigenvalue weighted by atomic mass is 16.5. The Bertz CT molecular complexity index is 530. The number of rotatable bonds is 5. The van der Waals surface area contributed by atoms with Crippen molar-refractivity contribution in [3.8, 4) is 5.88 Å². The van der Waals surface area contributed by atoms with Crippen LogP contribution in [-0.2, 0) is 4.74 Å². The maximum absolute atomic E-state index is 6.02. The van der Waals surface area contributed by atoms with E-state index in [9.17, 15) is 0 Å². The van der Waals surface area contributed by atoms with Gasteiger partial charge in [0.2, 0.25) is 5.88 Å². The molecule has 6 heteroatoms. The topological polar surface area (TPSA) is 50.7 Å². The van der Waals surface area contributed by atoms with Gasteiger partial charge in [0.1, 0.15) is 18.2 Å². The molecular formula is C18H28N4O2. The second-order valence-electron chi connectivity index (χ2n) is 7.25. The summed E-state index contributed by atoms with van der Waals surface area (Å²) in [5.41, 5.74) is 0. The normalized spacial score (nSPS) is 26.2. The predicted octanol–water partition coefficient (Wildman–Crippen LogP) is 1.96. The molecule has 0 amide bonds. The average Bonchev–Trinajstić information content (AvgIpc) is 3.29.